The fraction of sp³-hybridized carbons (Fsp3) is 0.0833. The van der Waals surface area contributed by atoms with Crippen LogP contribution in [0.2, 0.25) is 0 Å². The van der Waals surface area contributed by atoms with Crippen molar-refractivity contribution in [2.24, 2.45) is 0 Å². The second kappa shape index (κ2) is 7.18. The van der Waals surface area contributed by atoms with E-state index in [1.807, 2.05) is 66.7 Å². The molecular formula is C24H18N2O2S. The Morgan fingerprint density at radius 3 is 2.59 bits per heavy atom. The predicted octanol–water partition coefficient (Wildman–Crippen LogP) is 4.34. The van der Waals surface area contributed by atoms with Gasteiger partial charge in [0, 0.05) is 0 Å². The van der Waals surface area contributed by atoms with Crippen LogP contribution in [0.5, 0.6) is 5.75 Å². The molecule has 0 unspecified atom stereocenters. The predicted molar refractivity (Wildman–Crippen MR) is 118 cm³/mol. The van der Waals surface area contributed by atoms with E-state index < -0.39 is 0 Å². The van der Waals surface area contributed by atoms with Gasteiger partial charge in [0.2, 0.25) is 0 Å². The van der Waals surface area contributed by atoms with E-state index in [-0.39, 0.29) is 5.56 Å². The van der Waals surface area contributed by atoms with E-state index in [0.717, 1.165) is 27.3 Å². The van der Waals surface area contributed by atoms with Crippen molar-refractivity contribution in [2.75, 3.05) is 0 Å². The van der Waals surface area contributed by atoms with Crippen LogP contribution in [0.1, 0.15) is 16.7 Å². The molecule has 0 aliphatic rings. The van der Waals surface area contributed by atoms with Gasteiger partial charge in [-0.15, -0.1) is 0 Å². The summed E-state index contributed by atoms with van der Waals surface area (Å²) in [5.41, 5.74) is 5.02. The average Bonchev–Trinajstić information content (AvgIpc) is 3.25. The summed E-state index contributed by atoms with van der Waals surface area (Å²) in [6.07, 6.45) is 1.90. The van der Waals surface area contributed by atoms with Gasteiger partial charge < -0.3 is 4.74 Å². The average molecular weight is 398 g/mol. The Labute approximate surface area is 171 Å². The lowest BCUT2D eigenvalue weighted by atomic mass is 10.1. The smallest absolute Gasteiger partial charge is 0.274 e. The minimum atomic E-state index is -0.0291. The number of rotatable bonds is 4. The zero-order chi connectivity index (χ0) is 19.8. The highest BCUT2D eigenvalue weighted by molar-refractivity contribution is 7.15. The number of benzene rings is 3. The second-order valence-electron chi connectivity index (χ2n) is 6.92. The molecule has 0 saturated carbocycles. The maximum absolute atomic E-state index is 12.8. The monoisotopic (exact) mass is 398 g/mol. The Kier molecular flexibility index (Phi) is 4.37. The molecule has 0 N–H and O–H groups in total. The first-order chi connectivity index (χ1) is 14.2. The number of imidazole rings is 1. The van der Waals surface area contributed by atoms with E-state index in [2.05, 4.69) is 24.0 Å². The number of fused-ring (bicyclic) bond motifs is 3. The highest BCUT2D eigenvalue weighted by atomic mass is 32.1. The summed E-state index contributed by atoms with van der Waals surface area (Å²) >= 11 is 1.41. The number of aromatic nitrogens is 2. The van der Waals surface area contributed by atoms with Gasteiger partial charge in [-0.05, 0) is 54.0 Å². The van der Waals surface area contributed by atoms with E-state index in [1.165, 1.54) is 22.5 Å². The molecule has 0 saturated heterocycles. The largest absolute Gasteiger partial charge is 0.489 e. The van der Waals surface area contributed by atoms with Crippen molar-refractivity contribution >= 4 is 33.4 Å². The fourth-order valence-corrected chi connectivity index (χ4v) is 4.34. The minimum Gasteiger partial charge on any atom is -0.489 e. The third kappa shape index (κ3) is 3.30. The standard InChI is InChI=1S/C24H18N2O2S/c1-16-6-2-3-7-18(16)15-28-19-12-10-17(11-13-19)14-22-23(27)26-21-9-5-4-8-20(21)25-24(26)29-22/h2-14H,15H2,1H3/b22-14-. The first-order valence-corrected chi connectivity index (χ1v) is 10.2. The third-order valence-corrected chi connectivity index (χ3v) is 5.95. The molecule has 4 nitrogen and oxygen atoms in total. The Morgan fingerprint density at radius 1 is 1.00 bits per heavy atom. The van der Waals surface area contributed by atoms with Gasteiger partial charge in [0.15, 0.2) is 4.96 Å². The van der Waals surface area contributed by atoms with Crippen molar-refractivity contribution in [1.29, 1.82) is 0 Å². The molecular weight excluding hydrogens is 380 g/mol. The number of para-hydroxylation sites is 2. The zero-order valence-corrected chi connectivity index (χ0v) is 16.6. The molecule has 0 spiro atoms. The molecule has 29 heavy (non-hydrogen) atoms. The van der Waals surface area contributed by atoms with Crippen LogP contribution in [0.15, 0.2) is 77.6 Å². The first kappa shape index (κ1) is 17.6. The molecule has 2 aromatic heterocycles. The van der Waals surface area contributed by atoms with Crippen molar-refractivity contribution in [3.63, 3.8) is 0 Å². The summed E-state index contributed by atoms with van der Waals surface area (Å²) in [7, 11) is 0. The van der Waals surface area contributed by atoms with Crippen molar-refractivity contribution in [3.8, 4) is 5.75 Å². The lowest BCUT2D eigenvalue weighted by molar-refractivity contribution is 0.305. The van der Waals surface area contributed by atoms with Crippen LogP contribution in [0.3, 0.4) is 0 Å². The van der Waals surface area contributed by atoms with Crippen LogP contribution < -0.4 is 14.8 Å². The topological polar surface area (TPSA) is 43.6 Å². The van der Waals surface area contributed by atoms with Crippen molar-refractivity contribution in [3.05, 3.63) is 104 Å². The molecule has 0 fully saturated rings. The number of aryl methyl sites for hydroxylation is 1. The highest BCUT2D eigenvalue weighted by Gasteiger charge is 2.10. The highest BCUT2D eigenvalue weighted by Crippen LogP contribution is 2.18. The number of thiazole rings is 1. The fourth-order valence-electron chi connectivity index (χ4n) is 3.36. The molecule has 0 aliphatic carbocycles. The molecule has 0 bridgehead atoms. The van der Waals surface area contributed by atoms with Crippen molar-refractivity contribution in [2.45, 2.75) is 13.5 Å². The van der Waals surface area contributed by atoms with E-state index >= 15 is 0 Å². The molecule has 3 aromatic carbocycles. The quantitative estimate of drug-likeness (QED) is 0.452. The Morgan fingerprint density at radius 2 is 1.76 bits per heavy atom. The second-order valence-corrected chi connectivity index (χ2v) is 7.93. The molecule has 0 aliphatic heterocycles. The molecule has 5 heteroatoms. The Hall–Kier alpha value is -3.44. The van der Waals surface area contributed by atoms with E-state index in [4.69, 9.17) is 4.74 Å². The van der Waals surface area contributed by atoms with E-state index in [1.54, 1.807) is 4.40 Å². The Balaban J connectivity index is 1.42. The summed E-state index contributed by atoms with van der Waals surface area (Å²) in [6, 6.07) is 23.7. The summed E-state index contributed by atoms with van der Waals surface area (Å²) in [6.45, 7) is 2.62. The van der Waals surface area contributed by atoms with Gasteiger partial charge in [0.1, 0.15) is 12.4 Å². The molecule has 142 valence electrons. The normalized spacial score (nSPS) is 12.1. The molecule has 5 aromatic rings. The van der Waals surface area contributed by atoms with Gasteiger partial charge in [-0.3, -0.25) is 4.79 Å². The van der Waals surface area contributed by atoms with Gasteiger partial charge in [-0.2, -0.15) is 0 Å². The van der Waals surface area contributed by atoms with Crippen LogP contribution in [0.25, 0.3) is 22.1 Å². The van der Waals surface area contributed by atoms with Gasteiger partial charge in [-0.25, -0.2) is 9.38 Å². The first-order valence-electron chi connectivity index (χ1n) is 9.38. The summed E-state index contributed by atoms with van der Waals surface area (Å²) < 4.78 is 8.26. The maximum atomic E-state index is 12.8. The van der Waals surface area contributed by atoms with Crippen LogP contribution in [0, 0.1) is 6.92 Å². The van der Waals surface area contributed by atoms with E-state index in [9.17, 15) is 4.79 Å². The summed E-state index contributed by atoms with van der Waals surface area (Å²) in [5.74, 6) is 0.805. The van der Waals surface area contributed by atoms with Crippen LogP contribution in [-0.2, 0) is 6.61 Å². The van der Waals surface area contributed by atoms with Crippen LogP contribution >= 0.6 is 11.3 Å². The molecule has 2 heterocycles. The summed E-state index contributed by atoms with van der Waals surface area (Å²) in [5, 5.41) is 0. The molecule has 0 atom stereocenters. The van der Waals surface area contributed by atoms with Crippen LogP contribution in [0.4, 0.5) is 0 Å². The number of nitrogens with zero attached hydrogens (tertiary/aromatic N) is 2. The van der Waals surface area contributed by atoms with Crippen molar-refractivity contribution < 1.29 is 4.74 Å². The molecule has 0 radical (unpaired) electrons. The third-order valence-electron chi connectivity index (χ3n) is 4.98. The van der Waals surface area contributed by atoms with Crippen LogP contribution in [-0.4, -0.2) is 9.38 Å². The SMILES string of the molecule is Cc1ccccc1COc1ccc(/C=c2\sc3nc4ccccc4n3c2=O)cc1. The molecule has 5 rings (SSSR count). The van der Waals surface area contributed by atoms with Gasteiger partial charge in [-0.1, -0.05) is 59.9 Å². The molecule has 0 amide bonds. The lowest BCUT2D eigenvalue weighted by Gasteiger charge is -2.08. The Bertz CT molecular complexity index is 1430. The van der Waals surface area contributed by atoms with Gasteiger partial charge in [0.05, 0.1) is 15.6 Å². The zero-order valence-electron chi connectivity index (χ0n) is 15.8. The maximum Gasteiger partial charge on any atom is 0.274 e. The minimum absolute atomic E-state index is 0.0291. The summed E-state index contributed by atoms with van der Waals surface area (Å²) in [4.78, 5) is 18.1. The van der Waals surface area contributed by atoms with Gasteiger partial charge >= 0.3 is 0 Å². The van der Waals surface area contributed by atoms with Crippen molar-refractivity contribution in [1.82, 2.24) is 9.38 Å². The number of hydrogen-bond donors (Lipinski definition) is 0. The van der Waals surface area contributed by atoms with Gasteiger partial charge in [0.25, 0.3) is 5.56 Å². The lowest BCUT2D eigenvalue weighted by Crippen LogP contribution is -2.22. The van der Waals surface area contributed by atoms with E-state index in [0.29, 0.717) is 11.1 Å². The number of hydrogen-bond acceptors (Lipinski definition) is 4. The number of ether oxygens (including phenoxy) is 1.